The Morgan fingerprint density at radius 2 is 1.55 bits per heavy atom. The lowest BCUT2D eigenvalue weighted by atomic mass is 9.50. The van der Waals surface area contributed by atoms with E-state index in [9.17, 15) is 0 Å². The minimum atomic E-state index is 0.465. The van der Waals surface area contributed by atoms with E-state index in [1.54, 1.807) is 0 Å². The van der Waals surface area contributed by atoms with Gasteiger partial charge in [-0.15, -0.1) is 0 Å². The quantitative estimate of drug-likeness (QED) is 0.879. The van der Waals surface area contributed by atoms with Gasteiger partial charge in [0.1, 0.15) is 0 Å². The highest BCUT2D eigenvalue weighted by molar-refractivity contribution is 5.43. The second kappa shape index (κ2) is 5.07. The first-order chi connectivity index (χ1) is 9.83. The molecule has 4 saturated carbocycles. The second-order valence-corrected chi connectivity index (χ2v) is 7.36. The van der Waals surface area contributed by atoms with Crippen LogP contribution in [0.2, 0.25) is 0 Å². The fourth-order valence-corrected chi connectivity index (χ4v) is 5.69. The van der Waals surface area contributed by atoms with E-state index in [0.717, 1.165) is 36.1 Å². The van der Waals surface area contributed by atoms with Crippen molar-refractivity contribution in [2.24, 2.45) is 35.3 Å². The van der Waals surface area contributed by atoms with Crippen LogP contribution < -0.4 is 11.1 Å². The van der Waals surface area contributed by atoms with Gasteiger partial charge >= 0.3 is 0 Å². The van der Waals surface area contributed by atoms with E-state index in [1.165, 1.54) is 37.8 Å². The summed E-state index contributed by atoms with van der Waals surface area (Å²) in [6, 6.07) is 11.1. The number of benzene rings is 1. The summed E-state index contributed by atoms with van der Waals surface area (Å²) in [5, 5.41) is 3.73. The molecule has 5 rings (SSSR count). The average Bonchev–Trinajstić information content (AvgIpc) is 2.46. The molecular formula is C18H26N2. The zero-order valence-electron chi connectivity index (χ0n) is 12.2. The number of anilines is 1. The van der Waals surface area contributed by atoms with Crippen molar-refractivity contribution in [3.8, 4) is 0 Å². The van der Waals surface area contributed by atoms with Gasteiger partial charge < -0.3 is 11.1 Å². The molecule has 4 aliphatic rings. The Kier molecular flexibility index (Phi) is 3.22. The summed E-state index contributed by atoms with van der Waals surface area (Å²) < 4.78 is 0. The molecule has 20 heavy (non-hydrogen) atoms. The highest BCUT2D eigenvalue weighted by Crippen LogP contribution is 2.57. The number of para-hydroxylation sites is 1. The van der Waals surface area contributed by atoms with Crippen molar-refractivity contribution in [2.75, 3.05) is 11.9 Å². The first-order valence-electron chi connectivity index (χ1n) is 8.35. The smallest absolute Gasteiger partial charge is 0.0417 e. The van der Waals surface area contributed by atoms with Gasteiger partial charge in [-0.25, -0.2) is 0 Å². The molecule has 108 valence electrons. The highest BCUT2D eigenvalue weighted by Gasteiger charge is 2.50. The summed E-state index contributed by atoms with van der Waals surface area (Å²) in [6.45, 7) is 0.766. The normalized spacial score (nSPS) is 39.8. The van der Waals surface area contributed by atoms with E-state index in [-0.39, 0.29) is 0 Å². The highest BCUT2D eigenvalue weighted by atomic mass is 15.0. The molecule has 1 atom stereocenters. The van der Waals surface area contributed by atoms with Gasteiger partial charge in [0.25, 0.3) is 0 Å². The van der Waals surface area contributed by atoms with Crippen molar-refractivity contribution in [1.29, 1.82) is 0 Å². The third-order valence-electron chi connectivity index (χ3n) is 6.14. The predicted molar refractivity (Wildman–Crippen MR) is 83.4 cm³/mol. The largest absolute Gasteiger partial charge is 0.381 e. The van der Waals surface area contributed by atoms with E-state index < -0.39 is 0 Å². The number of rotatable bonds is 4. The van der Waals surface area contributed by atoms with Gasteiger partial charge in [0.05, 0.1) is 0 Å². The third kappa shape index (κ3) is 2.14. The van der Waals surface area contributed by atoms with Gasteiger partial charge in [0.15, 0.2) is 0 Å². The third-order valence-corrected chi connectivity index (χ3v) is 6.14. The van der Waals surface area contributed by atoms with E-state index in [4.69, 9.17) is 5.73 Å². The maximum absolute atomic E-state index is 6.14. The maximum atomic E-state index is 6.14. The van der Waals surface area contributed by atoms with Gasteiger partial charge in [-0.2, -0.15) is 0 Å². The molecule has 0 aliphatic heterocycles. The Bertz CT molecular complexity index is 428. The SMILES string of the molecule is NCC(Nc1ccccc1)C1C2CC3CC(C2)CC1C3. The number of nitrogens with one attached hydrogen (secondary N) is 1. The Hall–Kier alpha value is -1.02. The summed E-state index contributed by atoms with van der Waals surface area (Å²) in [4.78, 5) is 0. The molecule has 0 aromatic heterocycles. The van der Waals surface area contributed by atoms with Gasteiger partial charge in [-0.1, -0.05) is 18.2 Å². The minimum absolute atomic E-state index is 0.465. The lowest BCUT2D eigenvalue weighted by Gasteiger charge is -2.56. The molecule has 4 fully saturated rings. The van der Waals surface area contributed by atoms with Crippen LogP contribution in [0, 0.1) is 29.6 Å². The van der Waals surface area contributed by atoms with E-state index in [1.807, 2.05) is 0 Å². The Morgan fingerprint density at radius 1 is 0.950 bits per heavy atom. The van der Waals surface area contributed by atoms with Crippen LogP contribution in [0.1, 0.15) is 32.1 Å². The van der Waals surface area contributed by atoms with Crippen LogP contribution >= 0.6 is 0 Å². The summed E-state index contributed by atoms with van der Waals surface area (Å²) in [7, 11) is 0. The summed E-state index contributed by atoms with van der Waals surface area (Å²) >= 11 is 0. The van der Waals surface area contributed by atoms with Crippen LogP contribution in [0.3, 0.4) is 0 Å². The first-order valence-corrected chi connectivity index (χ1v) is 8.35. The molecule has 4 bridgehead atoms. The van der Waals surface area contributed by atoms with Crippen molar-refractivity contribution < 1.29 is 0 Å². The summed E-state index contributed by atoms with van der Waals surface area (Å²) in [5.74, 6) is 4.79. The molecule has 0 amide bonds. The van der Waals surface area contributed by atoms with Crippen LogP contribution in [-0.4, -0.2) is 12.6 Å². The fraction of sp³-hybridized carbons (Fsp3) is 0.667. The summed E-state index contributed by atoms with van der Waals surface area (Å²) in [5.41, 5.74) is 7.37. The molecule has 1 aromatic carbocycles. The molecule has 0 heterocycles. The van der Waals surface area contributed by atoms with Gasteiger partial charge in [0.2, 0.25) is 0 Å². The molecule has 1 unspecified atom stereocenters. The zero-order valence-corrected chi connectivity index (χ0v) is 12.2. The number of hydrogen-bond donors (Lipinski definition) is 2. The number of hydrogen-bond acceptors (Lipinski definition) is 2. The van der Waals surface area contributed by atoms with Gasteiger partial charge in [-0.05, 0) is 73.8 Å². The first kappa shape index (κ1) is 12.7. The van der Waals surface area contributed by atoms with E-state index in [2.05, 4.69) is 35.6 Å². The summed E-state index contributed by atoms with van der Waals surface area (Å²) in [6.07, 6.45) is 7.43. The lowest BCUT2D eigenvalue weighted by molar-refractivity contribution is -0.0427. The monoisotopic (exact) mass is 270 g/mol. The molecule has 4 aliphatic carbocycles. The van der Waals surface area contributed by atoms with Crippen LogP contribution in [0.5, 0.6) is 0 Å². The predicted octanol–water partition coefficient (Wildman–Crippen LogP) is 3.50. The minimum Gasteiger partial charge on any atom is -0.381 e. The lowest BCUT2D eigenvalue weighted by Crippen LogP contribution is -2.53. The molecule has 2 heteroatoms. The molecule has 0 spiro atoms. The topological polar surface area (TPSA) is 38.0 Å². The van der Waals surface area contributed by atoms with E-state index in [0.29, 0.717) is 6.04 Å². The molecule has 0 radical (unpaired) electrons. The average molecular weight is 270 g/mol. The molecule has 2 nitrogen and oxygen atoms in total. The van der Waals surface area contributed by atoms with Gasteiger partial charge in [0, 0.05) is 18.3 Å². The van der Waals surface area contributed by atoms with Crippen molar-refractivity contribution >= 4 is 5.69 Å². The maximum Gasteiger partial charge on any atom is 0.0417 e. The van der Waals surface area contributed by atoms with Crippen LogP contribution in [0.4, 0.5) is 5.69 Å². The standard InChI is InChI=1S/C18H26N2/c19-11-17(20-16-4-2-1-3-5-16)18-14-7-12-6-13(9-14)10-15(18)8-12/h1-5,12-15,17-18,20H,6-11,19H2. The second-order valence-electron chi connectivity index (χ2n) is 7.36. The Balaban J connectivity index is 1.53. The molecule has 1 aromatic rings. The van der Waals surface area contributed by atoms with Crippen LogP contribution in [0.25, 0.3) is 0 Å². The van der Waals surface area contributed by atoms with Crippen molar-refractivity contribution in [3.63, 3.8) is 0 Å². The van der Waals surface area contributed by atoms with E-state index >= 15 is 0 Å². The molecule has 0 saturated heterocycles. The fourth-order valence-electron chi connectivity index (χ4n) is 5.69. The van der Waals surface area contributed by atoms with Crippen LogP contribution in [0.15, 0.2) is 30.3 Å². The van der Waals surface area contributed by atoms with Crippen LogP contribution in [-0.2, 0) is 0 Å². The van der Waals surface area contributed by atoms with Gasteiger partial charge in [-0.3, -0.25) is 0 Å². The molecular weight excluding hydrogens is 244 g/mol. The van der Waals surface area contributed by atoms with Crippen molar-refractivity contribution in [3.05, 3.63) is 30.3 Å². The Labute approximate surface area is 122 Å². The zero-order chi connectivity index (χ0) is 13.5. The molecule has 3 N–H and O–H groups in total. The number of nitrogens with two attached hydrogens (primary N) is 1. The Morgan fingerprint density at radius 3 is 2.10 bits per heavy atom. The van der Waals surface area contributed by atoms with Crippen molar-refractivity contribution in [1.82, 2.24) is 0 Å². The van der Waals surface area contributed by atoms with Crippen molar-refractivity contribution in [2.45, 2.75) is 38.1 Å².